The third-order valence-corrected chi connectivity index (χ3v) is 6.91. The van der Waals surface area contributed by atoms with Gasteiger partial charge in [-0.2, -0.15) is 5.26 Å². The summed E-state index contributed by atoms with van der Waals surface area (Å²) in [4.78, 5) is 48.9. The Morgan fingerprint density at radius 2 is 1.91 bits per heavy atom. The number of anilines is 1. The highest BCUT2D eigenvalue weighted by atomic mass is 16.2. The average molecular weight is 437 g/mol. The van der Waals surface area contributed by atoms with Gasteiger partial charge in [-0.3, -0.25) is 9.59 Å². The maximum Gasteiger partial charge on any atom is 0.332 e. The molecule has 8 heteroatoms. The Morgan fingerprint density at radius 3 is 2.67 bits per heavy atom. The number of piperazine rings is 1. The number of urea groups is 1. The van der Waals surface area contributed by atoms with Crippen molar-refractivity contribution in [1.82, 2.24) is 14.8 Å². The van der Waals surface area contributed by atoms with E-state index in [4.69, 9.17) is 0 Å². The van der Waals surface area contributed by atoms with Gasteiger partial charge in [0.2, 0.25) is 0 Å². The van der Waals surface area contributed by atoms with Crippen molar-refractivity contribution in [3.05, 3.63) is 71.5 Å². The summed E-state index contributed by atoms with van der Waals surface area (Å²) in [7, 11) is 0. The standard InChI is InChI=1S/C25H19N5O3/c1-14-5-4-6-15(9-14)23(31)28-13-16-10-20(28)22-24(32)30(25(33)29(16)22)21-12-27-19(11-26)17-7-2-3-8-18(17)21/h2-9,12,16,20,22H,10,13H2,1H3. The molecular formula is C25H19N5O3. The van der Waals surface area contributed by atoms with Crippen LogP contribution in [0, 0.1) is 18.3 Å². The molecule has 4 heterocycles. The predicted molar refractivity (Wildman–Crippen MR) is 119 cm³/mol. The number of hydrogen-bond acceptors (Lipinski definition) is 5. The van der Waals surface area contributed by atoms with Crippen LogP contribution in [0.25, 0.3) is 10.8 Å². The maximum absolute atomic E-state index is 13.6. The molecule has 8 nitrogen and oxygen atoms in total. The van der Waals surface area contributed by atoms with Crippen LogP contribution in [0.15, 0.2) is 54.7 Å². The molecule has 3 atom stereocenters. The SMILES string of the molecule is Cc1cccc(C(=O)N2CC3CC2C2C(=O)N(c4cnc(C#N)c5ccccc45)C(=O)N32)c1. The van der Waals surface area contributed by atoms with Crippen LogP contribution in [0.2, 0.25) is 0 Å². The number of nitriles is 1. The number of nitrogens with zero attached hydrogens (tertiary/aromatic N) is 5. The molecule has 0 spiro atoms. The Balaban J connectivity index is 1.37. The summed E-state index contributed by atoms with van der Waals surface area (Å²) < 4.78 is 0. The van der Waals surface area contributed by atoms with Gasteiger partial charge in [0.05, 0.1) is 24.0 Å². The Bertz CT molecular complexity index is 1410. The molecule has 0 N–H and O–H groups in total. The third kappa shape index (κ3) is 2.62. The summed E-state index contributed by atoms with van der Waals surface area (Å²) >= 11 is 0. The summed E-state index contributed by atoms with van der Waals surface area (Å²) in [5, 5.41) is 10.6. The van der Waals surface area contributed by atoms with Gasteiger partial charge >= 0.3 is 6.03 Å². The fraction of sp³-hybridized carbons (Fsp3) is 0.240. The van der Waals surface area contributed by atoms with Crippen molar-refractivity contribution in [3.63, 3.8) is 0 Å². The molecule has 3 unspecified atom stereocenters. The second-order valence-electron chi connectivity index (χ2n) is 8.74. The van der Waals surface area contributed by atoms with Crippen LogP contribution in [-0.2, 0) is 4.79 Å². The lowest BCUT2D eigenvalue weighted by Gasteiger charge is -2.35. The third-order valence-electron chi connectivity index (χ3n) is 6.91. The summed E-state index contributed by atoms with van der Waals surface area (Å²) in [6.45, 7) is 2.34. The molecule has 6 rings (SSSR count). The van der Waals surface area contributed by atoms with Crippen molar-refractivity contribution < 1.29 is 14.4 Å². The molecule has 2 aromatic carbocycles. The molecule has 4 amide bonds. The summed E-state index contributed by atoms with van der Waals surface area (Å²) in [5.74, 6) is -0.471. The Kier molecular flexibility index (Phi) is 4.05. The maximum atomic E-state index is 13.6. The minimum atomic E-state index is -0.709. The van der Waals surface area contributed by atoms with E-state index < -0.39 is 12.1 Å². The fourth-order valence-corrected chi connectivity index (χ4v) is 5.50. The van der Waals surface area contributed by atoms with E-state index in [9.17, 15) is 19.6 Å². The van der Waals surface area contributed by atoms with E-state index in [1.165, 1.54) is 11.1 Å². The van der Waals surface area contributed by atoms with Crippen LogP contribution in [0.3, 0.4) is 0 Å². The Labute approximate surface area is 189 Å². The number of carbonyl (C=O) groups is 3. The highest BCUT2D eigenvalue weighted by Crippen LogP contribution is 2.43. The molecular weight excluding hydrogens is 418 g/mol. The van der Waals surface area contributed by atoms with Gasteiger partial charge in [-0.15, -0.1) is 0 Å². The largest absolute Gasteiger partial charge is 0.332 e. The van der Waals surface area contributed by atoms with E-state index in [-0.39, 0.29) is 29.6 Å². The first kappa shape index (κ1) is 19.4. The van der Waals surface area contributed by atoms with E-state index in [0.717, 1.165) is 5.56 Å². The Hall–Kier alpha value is -4.25. The molecule has 2 bridgehead atoms. The van der Waals surface area contributed by atoms with Crippen LogP contribution in [0.5, 0.6) is 0 Å². The molecule has 3 fully saturated rings. The number of fused-ring (bicyclic) bond motifs is 6. The van der Waals surface area contributed by atoms with Gasteiger partial charge in [0, 0.05) is 22.9 Å². The van der Waals surface area contributed by atoms with Crippen molar-refractivity contribution >= 4 is 34.3 Å². The number of aromatic nitrogens is 1. The quantitative estimate of drug-likeness (QED) is 0.574. The topological polar surface area (TPSA) is 97.6 Å². The summed E-state index contributed by atoms with van der Waals surface area (Å²) in [6, 6.07) is 14.9. The number of benzene rings is 2. The van der Waals surface area contributed by atoms with Gasteiger partial charge < -0.3 is 9.80 Å². The zero-order chi connectivity index (χ0) is 22.9. The number of hydrogen-bond donors (Lipinski definition) is 0. The van der Waals surface area contributed by atoms with Crippen LogP contribution in [0.4, 0.5) is 10.5 Å². The fourth-order valence-electron chi connectivity index (χ4n) is 5.50. The molecule has 33 heavy (non-hydrogen) atoms. The van der Waals surface area contributed by atoms with Gasteiger partial charge in [-0.1, -0.05) is 42.0 Å². The molecule has 3 aliphatic rings. The van der Waals surface area contributed by atoms with E-state index in [0.29, 0.717) is 35.0 Å². The lowest BCUT2D eigenvalue weighted by molar-refractivity contribution is -0.121. The number of carbonyl (C=O) groups excluding carboxylic acids is 3. The highest BCUT2D eigenvalue weighted by molar-refractivity contribution is 6.25. The van der Waals surface area contributed by atoms with Crippen molar-refractivity contribution in [2.24, 2.45) is 0 Å². The van der Waals surface area contributed by atoms with Crippen molar-refractivity contribution in [2.45, 2.75) is 31.5 Å². The second-order valence-corrected chi connectivity index (χ2v) is 8.74. The molecule has 1 aromatic heterocycles. The van der Waals surface area contributed by atoms with Gasteiger partial charge in [-0.05, 0) is 25.5 Å². The van der Waals surface area contributed by atoms with Crippen molar-refractivity contribution in [3.8, 4) is 6.07 Å². The minimum absolute atomic E-state index is 0.116. The zero-order valence-corrected chi connectivity index (χ0v) is 17.8. The van der Waals surface area contributed by atoms with Crippen molar-refractivity contribution in [2.75, 3.05) is 11.4 Å². The first-order valence-electron chi connectivity index (χ1n) is 10.8. The zero-order valence-electron chi connectivity index (χ0n) is 17.8. The lowest BCUT2D eigenvalue weighted by Crippen LogP contribution is -2.54. The minimum Gasteiger partial charge on any atom is -0.331 e. The number of amides is 4. The monoisotopic (exact) mass is 437 g/mol. The van der Waals surface area contributed by atoms with E-state index in [1.807, 2.05) is 25.1 Å². The number of likely N-dealkylation sites (tertiary alicyclic amines) is 1. The van der Waals surface area contributed by atoms with E-state index in [2.05, 4.69) is 11.1 Å². The van der Waals surface area contributed by atoms with E-state index >= 15 is 0 Å². The summed E-state index contributed by atoms with van der Waals surface area (Å²) in [5.41, 5.74) is 2.18. The highest BCUT2D eigenvalue weighted by Gasteiger charge is 2.63. The molecule has 3 aromatic rings. The van der Waals surface area contributed by atoms with Gasteiger partial charge in [0.25, 0.3) is 11.8 Å². The number of aryl methyl sites for hydroxylation is 1. The van der Waals surface area contributed by atoms with Gasteiger partial charge in [-0.25, -0.2) is 14.7 Å². The smallest absolute Gasteiger partial charge is 0.331 e. The number of pyridine rings is 1. The van der Waals surface area contributed by atoms with Crippen LogP contribution in [-0.4, -0.2) is 57.3 Å². The van der Waals surface area contributed by atoms with Gasteiger partial charge in [0.1, 0.15) is 17.8 Å². The average Bonchev–Trinajstić information content (AvgIpc) is 3.49. The van der Waals surface area contributed by atoms with Crippen LogP contribution in [0.1, 0.15) is 28.0 Å². The van der Waals surface area contributed by atoms with Crippen molar-refractivity contribution in [1.29, 1.82) is 5.26 Å². The lowest BCUT2D eigenvalue weighted by atomic mass is 10.1. The van der Waals surface area contributed by atoms with Crippen LogP contribution >= 0.6 is 0 Å². The molecule has 3 aliphatic heterocycles. The first-order chi connectivity index (χ1) is 16.0. The normalized spacial score (nSPS) is 23.4. The second kappa shape index (κ2) is 6.87. The Morgan fingerprint density at radius 1 is 1.12 bits per heavy atom. The molecule has 3 saturated heterocycles. The summed E-state index contributed by atoms with van der Waals surface area (Å²) in [6.07, 6.45) is 2.01. The van der Waals surface area contributed by atoms with Gasteiger partial charge in [0.15, 0.2) is 0 Å². The molecule has 0 radical (unpaired) electrons. The predicted octanol–water partition coefficient (Wildman–Crippen LogP) is 2.85. The first-order valence-corrected chi connectivity index (χ1v) is 10.8. The van der Waals surface area contributed by atoms with Crippen LogP contribution < -0.4 is 4.90 Å². The van der Waals surface area contributed by atoms with E-state index in [1.54, 1.807) is 40.1 Å². The molecule has 162 valence electrons. The molecule has 0 aliphatic carbocycles. The number of imide groups is 1. The molecule has 0 saturated carbocycles. The number of rotatable bonds is 2.